The van der Waals surface area contributed by atoms with Gasteiger partial charge < -0.3 is 0 Å². The molecule has 0 saturated carbocycles. The molecule has 4 nitrogen and oxygen atoms in total. The van der Waals surface area contributed by atoms with E-state index in [1.165, 1.54) is 27.1 Å². The molecule has 0 aliphatic heterocycles. The average Bonchev–Trinajstić information content (AvgIpc) is 2.86. The second kappa shape index (κ2) is 4.89. The molecule has 20 heavy (non-hydrogen) atoms. The van der Waals surface area contributed by atoms with E-state index < -0.39 is 0 Å². The Morgan fingerprint density at radius 1 is 0.900 bits per heavy atom. The van der Waals surface area contributed by atoms with Gasteiger partial charge in [-0.05, 0) is 53.4 Å². The van der Waals surface area contributed by atoms with Crippen LogP contribution in [0.1, 0.15) is 11.1 Å². The largest absolute Gasteiger partial charge is 0.204 e. The van der Waals surface area contributed by atoms with Crippen molar-refractivity contribution in [2.24, 2.45) is 7.05 Å². The summed E-state index contributed by atoms with van der Waals surface area (Å²) in [5.74, 6) is 0.665. The number of aromatic nitrogens is 4. The van der Waals surface area contributed by atoms with Crippen molar-refractivity contribution in [1.29, 1.82) is 0 Å². The van der Waals surface area contributed by atoms with Gasteiger partial charge in [-0.15, -0.1) is 10.2 Å². The summed E-state index contributed by atoms with van der Waals surface area (Å²) in [5.41, 5.74) is 5.96. The van der Waals surface area contributed by atoms with Gasteiger partial charge in [0.15, 0.2) is 0 Å². The van der Waals surface area contributed by atoms with Crippen LogP contribution in [0.15, 0.2) is 42.5 Å². The third kappa shape index (κ3) is 2.20. The van der Waals surface area contributed by atoms with E-state index in [-0.39, 0.29) is 0 Å². The maximum absolute atomic E-state index is 4.26. The molecule has 0 N–H and O–H groups in total. The van der Waals surface area contributed by atoms with Crippen LogP contribution in [0.25, 0.3) is 22.5 Å². The summed E-state index contributed by atoms with van der Waals surface area (Å²) in [6.45, 7) is 4.24. The van der Waals surface area contributed by atoms with Crippen molar-refractivity contribution in [2.75, 3.05) is 0 Å². The summed E-state index contributed by atoms with van der Waals surface area (Å²) in [6, 6.07) is 14.7. The SMILES string of the molecule is Cc1cc(-c2nnn(C)n2)cc(C)c1-c1ccccc1. The van der Waals surface area contributed by atoms with Gasteiger partial charge in [0.2, 0.25) is 5.82 Å². The van der Waals surface area contributed by atoms with Crippen LogP contribution in [-0.4, -0.2) is 20.2 Å². The van der Waals surface area contributed by atoms with Crippen LogP contribution in [0.5, 0.6) is 0 Å². The number of hydrogen-bond acceptors (Lipinski definition) is 3. The molecule has 3 aromatic rings. The molecule has 0 aliphatic rings. The smallest absolute Gasteiger partial charge is 0.167 e. The minimum Gasteiger partial charge on any atom is -0.167 e. The molecule has 0 spiro atoms. The molecule has 1 heterocycles. The van der Waals surface area contributed by atoms with Gasteiger partial charge in [-0.25, -0.2) is 0 Å². The molecular weight excluding hydrogens is 248 g/mol. The lowest BCUT2D eigenvalue weighted by atomic mass is 9.93. The van der Waals surface area contributed by atoms with Crippen molar-refractivity contribution >= 4 is 0 Å². The van der Waals surface area contributed by atoms with Gasteiger partial charge in [0.25, 0.3) is 0 Å². The lowest BCUT2D eigenvalue weighted by Gasteiger charge is -2.11. The van der Waals surface area contributed by atoms with Gasteiger partial charge in [0, 0.05) is 5.56 Å². The zero-order valence-electron chi connectivity index (χ0n) is 11.8. The number of hydrogen-bond donors (Lipinski definition) is 0. The Morgan fingerprint density at radius 2 is 1.55 bits per heavy atom. The van der Waals surface area contributed by atoms with Crippen LogP contribution < -0.4 is 0 Å². The molecule has 0 bridgehead atoms. The Bertz CT molecular complexity index is 721. The number of aryl methyl sites for hydroxylation is 3. The van der Waals surface area contributed by atoms with Crippen molar-refractivity contribution in [1.82, 2.24) is 20.2 Å². The highest BCUT2D eigenvalue weighted by Gasteiger charge is 2.11. The fourth-order valence-corrected chi connectivity index (χ4v) is 2.55. The van der Waals surface area contributed by atoms with Crippen LogP contribution >= 0.6 is 0 Å². The molecule has 0 fully saturated rings. The van der Waals surface area contributed by atoms with E-state index >= 15 is 0 Å². The highest BCUT2D eigenvalue weighted by Crippen LogP contribution is 2.30. The van der Waals surface area contributed by atoms with Gasteiger partial charge >= 0.3 is 0 Å². The van der Waals surface area contributed by atoms with E-state index in [1.807, 2.05) is 6.07 Å². The van der Waals surface area contributed by atoms with Gasteiger partial charge in [-0.3, -0.25) is 0 Å². The summed E-state index contributed by atoms with van der Waals surface area (Å²) < 4.78 is 0. The van der Waals surface area contributed by atoms with Crippen LogP contribution in [0.4, 0.5) is 0 Å². The van der Waals surface area contributed by atoms with Gasteiger partial charge in [-0.1, -0.05) is 30.3 Å². The Balaban J connectivity index is 2.12. The molecule has 100 valence electrons. The zero-order valence-corrected chi connectivity index (χ0v) is 11.8. The van der Waals surface area contributed by atoms with Crippen LogP contribution in [0.2, 0.25) is 0 Å². The predicted molar refractivity (Wildman–Crippen MR) is 79.1 cm³/mol. The molecule has 0 aliphatic carbocycles. The van der Waals surface area contributed by atoms with E-state index in [4.69, 9.17) is 0 Å². The first-order valence-corrected chi connectivity index (χ1v) is 6.56. The first-order chi connectivity index (χ1) is 9.65. The highest BCUT2D eigenvalue weighted by atomic mass is 15.6. The van der Waals surface area contributed by atoms with Crippen molar-refractivity contribution < 1.29 is 0 Å². The summed E-state index contributed by atoms with van der Waals surface area (Å²) in [4.78, 5) is 1.48. The first-order valence-electron chi connectivity index (χ1n) is 6.56. The second-order valence-electron chi connectivity index (χ2n) is 4.95. The molecule has 0 saturated heterocycles. The summed E-state index contributed by atoms with van der Waals surface area (Å²) >= 11 is 0. The lowest BCUT2D eigenvalue weighted by molar-refractivity contribution is 0.630. The van der Waals surface area contributed by atoms with Crippen LogP contribution in [0, 0.1) is 13.8 Å². The summed E-state index contributed by atoms with van der Waals surface area (Å²) in [5, 5.41) is 12.2. The normalized spacial score (nSPS) is 10.8. The van der Waals surface area contributed by atoms with Crippen molar-refractivity contribution in [3.8, 4) is 22.5 Å². The Labute approximate surface area is 118 Å². The number of nitrogens with zero attached hydrogens (tertiary/aromatic N) is 4. The quantitative estimate of drug-likeness (QED) is 0.714. The Kier molecular flexibility index (Phi) is 3.06. The third-order valence-corrected chi connectivity index (χ3v) is 3.36. The molecule has 4 heteroatoms. The minimum atomic E-state index is 0.665. The minimum absolute atomic E-state index is 0.665. The standard InChI is InChI=1S/C16H16N4/c1-11-9-14(16-17-19-20(3)18-16)10-12(2)15(11)13-7-5-4-6-8-13/h4-10H,1-3H3. The monoisotopic (exact) mass is 264 g/mol. The molecule has 1 aromatic heterocycles. The topological polar surface area (TPSA) is 43.6 Å². The van der Waals surface area contributed by atoms with E-state index in [9.17, 15) is 0 Å². The molecule has 0 amide bonds. The van der Waals surface area contributed by atoms with Crippen LogP contribution in [0.3, 0.4) is 0 Å². The van der Waals surface area contributed by atoms with Gasteiger partial charge in [0.1, 0.15) is 0 Å². The molecular formula is C16H16N4. The average molecular weight is 264 g/mol. The van der Waals surface area contributed by atoms with E-state index in [2.05, 4.69) is 65.7 Å². The Hall–Kier alpha value is -2.49. The fraction of sp³-hybridized carbons (Fsp3) is 0.188. The maximum atomic E-state index is 4.26. The Morgan fingerprint density at radius 3 is 2.10 bits per heavy atom. The summed E-state index contributed by atoms with van der Waals surface area (Å²) in [6.07, 6.45) is 0. The predicted octanol–water partition coefficient (Wildman–Crippen LogP) is 3.16. The molecule has 0 radical (unpaired) electrons. The van der Waals surface area contributed by atoms with Crippen LogP contribution in [-0.2, 0) is 7.05 Å². The molecule has 0 unspecified atom stereocenters. The zero-order chi connectivity index (χ0) is 14.1. The lowest BCUT2D eigenvalue weighted by Crippen LogP contribution is -1.93. The fourth-order valence-electron chi connectivity index (χ4n) is 2.55. The van der Waals surface area contributed by atoms with E-state index in [0.29, 0.717) is 5.82 Å². The molecule has 3 rings (SSSR count). The van der Waals surface area contributed by atoms with E-state index in [0.717, 1.165) is 5.56 Å². The number of rotatable bonds is 2. The third-order valence-electron chi connectivity index (χ3n) is 3.36. The molecule has 2 aromatic carbocycles. The number of tetrazole rings is 1. The first kappa shape index (κ1) is 12.5. The number of benzene rings is 2. The maximum Gasteiger partial charge on any atom is 0.204 e. The van der Waals surface area contributed by atoms with Crippen molar-refractivity contribution in [3.63, 3.8) is 0 Å². The second-order valence-corrected chi connectivity index (χ2v) is 4.95. The molecule has 0 atom stereocenters. The van der Waals surface area contributed by atoms with Gasteiger partial charge in [0.05, 0.1) is 7.05 Å². The van der Waals surface area contributed by atoms with E-state index in [1.54, 1.807) is 7.05 Å². The summed E-state index contributed by atoms with van der Waals surface area (Å²) in [7, 11) is 1.77. The van der Waals surface area contributed by atoms with Crippen molar-refractivity contribution in [3.05, 3.63) is 53.6 Å². The van der Waals surface area contributed by atoms with Gasteiger partial charge in [-0.2, -0.15) is 4.80 Å². The highest BCUT2D eigenvalue weighted by molar-refractivity contribution is 5.74. The van der Waals surface area contributed by atoms with Crippen molar-refractivity contribution in [2.45, 2.75) is 13.8 Å².